The number of benzene rings is 2. The molecular formula is C26H26N2O6. The van der Waals surface area contributed by atoms with Crippen molar-refractivity contribution in [2.45, 2.75) is 32.7 Å². The van der Waals surface area contributed by atoms with Gasteiger partial charge in [-0.25, -0.2) is 9.59 Å². The van der Waals surface area contributed by atoms with Gasteiger partial charge < -0.3 is 19.6 Å². The van der Waals surface area contributed by atoms with E-state index in [2.05, 4.69) is 10.6 Å². The number of ether oxygens (including phenoxy) is 1. The minimum atomic E-state index is -1.17. The van der Waals surface area contributed by atoms with Crippen LogP contribution in [0.4, 0.5) is 10.5 Å². The zero-order valence-electron chi connectivity index (χ0n) is 19.1. The molecule has 3 aromatic rings. The first-order chi connectivity index (χ1) is 16.2. The molecule has 34 heavy (non-hydrogen) atoms. The molecule has 176 valence electrons. The lowest BCUT2D eigenvalue weighted by molar-refractivity contribution is -0.142. The second-order valence-corrected chi connectivity index (χ2v) is 9.22. The molecule has 2 amide bonds. The van der Waals surface area contributed by atoms with Gasteiger partial charge in [-0.3, -0.25) is 10.1 Å². The van der Waals surface area contributed by atoms with Crippen LogP contribution in [0.1, 0.15) is 48.4 Å². The Morgan fingerprint density at radius 1 is 1.00 bits per heavy atom. The van der Waals surface area contributed by atoms with Crippen LogP contribution in [0.5, 0.6) is 0 Å². The lowest BCUT2D eigenvalue weighted by Gasteiger charge is -2.27. The van der Waals surface area contributed by atoms with Crippen molar-refractivity contribution >= 4 is 23.7 Å². The predicted octanol–water partition coefficient (Wildman–Crippen LogP) is 4.87. The lowest BCUT2D eigenvalue weighted by atomic mass is 9.86. The number of carboxylic acids is 1. The Morgan fingerprint density at radius 2 is 1.59 bits per heavy atom. The summed E-state index contributed by atoms with van der Waals surface area (Å²) < 4.78 is 10.7. The molecule has 1 aromatic heterocycles. The molecule has 3 N–H and O–H groups in total. The maximum Gasteiger partial charge on any atom is 0.411 e. The highest BCUT2D eigenvalue weighted by Gasteiger charge is 2.34. The third-order valence-electron chi connectivity index (χ3n) is 5.84. The van der Waals surface area contributed by atoms with Crippen LogP contribution >= 0.6 is 0 Å². The molecular weight excluding hydrogens is 436 g/mol. The number of nitrogens with one attached hydrogen (secondary N) is 2. The predicted molar refractivity (Wildman–Crippen MR) is 126 cm³/mol. The zero-order chi connectivity index (χ0) is 24.5. The van der Waals surface area contributed by atoms with Crippen LogP contribution in [0.3, 0.4) is 0 Å². The van der Waals surface area contributed by atoms with E-state index in [9.17, 15) is 19.5 Å². The van der Waals surface area contributed by atoms with Gasteiger partial charge in [0.15, 0.2) is 0 Å². The summed E-state index contributed by atoms with van der Waals surface area (Å²) in [7, 11) is 0. The summed E-state index contributed by atoms with van der Waals surface area (Å²) in [4.78, 5) is 36.8. The fourth-order valence-electron chi connectivity index (χ4n) is 4.17. The monoisotopic (exact) mass is 462 g/mol. The van der Waals surface area contributed by atoms with Gasteiger partial charge in [0, 0.05) is 12.0 Å². The average Bonchev–Trinajstić information content (AvgIpc) is 3.37. The Morgan fingerprint density at radius 3 is 2.15 bits per heavy atom. The molecule has 4 rings (SSSR count). The number of hydrogen-bond donors (Lipinski definition) is 3. The van der Waals surface area contributed by atoms with Gasteiger partial charge in [-0.2, -0.15) is 0 Å². The normalized spacial score (nSPS) is 13.5. The zero-order valence-corrected chi connectivity index (χ0v) is 19.1. The number of anilines is 1. The van der Waals surface area contributed by atoms with E-state index in [0.29, 0.717) is 0 Å². The van der Waals surface area contributed by atoms with Gasteiger partial charge in [0.1, 0.15) is 12.6 Å². The third-order valence-corrected chi connectivity index (χ3v) is 5.84. The number of carbonyl (C=O) groups is 3. The van der Waals surface area contributed by atoms with Crippen molar-refractivity contribution in [3.05, 3.63) is 77.7 Å². The van der Waals surface area contributed by atoms with E-state index in [4.69, 9.17) is 9.15 Å². The van der Waals surface area contributed by atoms with E-state index in [1.807, 2.05) is 48.5 Å². The molecule has 1 aliphatic carbocycles. The number of aliphatic carboxylic acids is 1. The maximum atomic E-state index is 12.7. The smallest absolute Gasteiger partial charge is 0.411 e. The van der Waals surface area contributed by atoms with Gasteiger partial charge in [-0.1, -0.05) is 69.3 Å². The number of carbonyl (C=O) groups excluding carboxylic acids is 2. The van der Waals surface area contributed by atoms with Crippen molar-refractivity contribution in [1.29, 1.82) is 0 Å². The Bertz CT molecular complexity index is 1190. The van der Waals surface area contributed by atoms with Crippen LogP contribution in [0.25, 0.3) is 11.1 Å². The van der Waals surface area contributed by atoms with Gasteiger partial charge in [-0.15, -0.1) is 0 Å². The standard InChI is InChI=1S/C26H26N2O6/c1-26(2,3)22(24(30)31)28-23(29)21-20(12-13-33-21)27-25(32)34-14-19-17-10-6-4-8-15(17)16-9-5-7-11-18(16)19/h4-13,19,22H,14H2,1-3H3,(H,27,32)(H,28,29)(H,30,31). The van der Waals surface area contributed by atoms with Crippen LogP contribution in [-0.2, 0) is 9.53 Å². The highest BCUT2D eigenvalue weighted by Crippen LogP contribution is 2.44. The number of hydrogen-bond acceptors (Lipinski definition) is 5. The Labute approximate surface area is 196 Å². The summed E-state index contributed by atoms with van der Waals surface area (Å²) in [5.74, 6) is -2.22. The summed E-state index contributed by atoms with van der Waals surface area (Å²) in [6.07, 6.45) is 0.490. The molecule has 2 aromatic carbocycles. The fraction of sp³-hybridized carbons (Fsp3) is 0.269. The number of carboxylic acid groups (broad SMARTS) is 1. The number of furan rings is 1. The van der Waals surface area contributed by atoms with E-state index >= 15 is 0 Å². The van der Waals surface area contributed by atoms with E-state index in [1.165, 1.54) is 12.3 Å². The van der Waals surface area contributed by atoms with Crippen molar-refractivity contribution in [2.75, 3.05) is 11.9 Å². The molecule has 0 saturated heterocycles. The Kier molecular flexibility index (Phi) is 6.15. The van der Waals surface area contributed by atoms with E-state index in [-0.39, 0.29) is 24.0 Å². The minimum Gasteiger partial charge on any atom is -0.480 e. The average molecular weight is 463 g/mol. The minimum absolute atomic E-state index is 0.0905. The van der Waals surface area contributed by atoms with Gasteiger partial charge in [0.05, 0.1) is 12.0 Å². The van der Waals surface area contributed by atoms with Crippen molar-refractivity contribution in [1.82, 2.24) is 5.32 Å². The molecule has 0 saturated carbocycles. The molecule has 8 nitrogen and oxygen atoms in total. The van der Waals surface area contributed by atoms with Crippen molar-refractivity contribution in [3.8, 4) is 11.1 Å². The molecule has 0 radical (unpaired) electrons. The lowest BCUT2D eigenvalue weighted by Crippen LogP contribution is -2.49. The van der Waals surface area contributed by atoms with Gasteiger partial charge in [-0.05, 0) is 27.7 Å². The maximum absolute atomic E-state index is 12.7. The van der Waals surface area contributed by atoms with Crippen LogP contribution in [0.15, 0.2) is 65.3 Å². The quantitative estimate of drug-likeness (QED) is 0.481. The Balaban J connectivity index is 1.43. The highest BCUT2D eigenvalue weighted by atomic mass is 16.5. The van der Waals surface area contributed by atoms with Crippen LogP contribution in [0.2, 0.25) is 0 Å². The van der Waals surface area contributed by atoms with Gasteiger partial charge >= 0.3 is 12.1 Å². The molecule has 0 bridgehead atoms. The van der Waals surface area contributed by atoms with Crippen LogP contribution in [-0.4, -0.2) is 35.7 Å². The van der Waals surface area contributed by atoms with Gasteiger partial charge in [0.2, 0.25) is 5.76 Å². The largest absolute Gasteiger partial charge is 0.480 e. The van der Waals surface area contributed by atoms with E-state index in [0.717, 1.165) is 22.3 Å². The SMILES string of the molecule is CC(C)(C)C(NC(=O)c1occc1NC(=O)OCC1c2ccccc2-c2ccccc21)C(=O)O. The van der Waals surface area contributed by atoms with Crippen LogP contribution < -0.4 is 10.6 Å². The topological polar surface area (TPSA) is 118 Å². The number of amides is 2. The highest BCUT2D eigenvalue weighted by molar-refractivity contribution is 6.01. The summed E-state index contributed by atoms with van der Waals surface area (Å²) in [5, 5.41) is 14.4. The first kappa shape index (κ1) is 23.1. The summed E-state index contributed by atoms with van der Waals surface area (Å²) >= 11 is 0. The first-order valence-electron chi connectivity index (χ1n) is 10.9. The van der Waals surface area contributed by atoms with Gasteiger partial charge in [0.25, 0.3) is 5.91 Å². The molecule has 1 heterocycles. The molecule has 0 spiro atoms. The summed E-state index contributed by atoms with van der Waals surface area (Å²) in [6.45, 7) is 5.21. The molecule has 1 atom stereocenters. The second kappa shape index (κ2) is 9.05. The first-order valence-corrected chi connectivity index (χ1v) is 10.9. The Hall–Kier alpha value is -4.07. The molecule has 8 heteroatoms. The summed E-state index contributed by atoms with van der Waals surface area (Å²) in [5.41, 5.74) is 3.77. The number of fused-ring (bicyclic) bond motifs is 3. The summed E-state index contributed by atoms with van der Waals surface area (Å²) in [6, 6.07) is 16.3. The van der Waals surface area contributed by atoms with Crippen molar-refractivity contribution in [2.24, 2.45) is 5.41 Å². The van der Waals surface area contributed by atoms with Crippen molar-refractivity contribution < 1.29 is 28.6 Å². The van der Waals surface area contributed by atoms with E-state index < -0.39 is 29.4 Å². The van der Waals surface area contributed by atoms with E-state index in [1.54, 1.807) is 20.8 Å². The molecule has 0 fully saturated rings. The van der Waals surface area contributed by atoms with Crippen molar-refractivity contribution in [3.63, 3.8) is 0 Å². The number of rotatable bonds is 6. The second-order valence-electron chi connectivity index (χ2n) is 9.22. The molecule has 1 aliphatic rings. The molecule has 0 aliphatic heterocycles. The third kappa shape index (κ3) is 4.52. The molecule has 1 unspecified atom stereocenters. The fourth-order valence-corrected chi connectivity index (χ4v) is 4.17. The van der Waals surface area contributed by atoms with Crippen LogP contribution in [0, 0.1) is 5.41 Å².